The van der Waals surface area contributed by atoms with Crippen LogP contribution in [0.25, 0.3) is 0 Å². The van der Waals surface area contributed by atoms with Crippen LogP contribution in [0.3, 0.4) is 0 Å². The third-order valence-electron chi connectivity index (χ3n) is 2.33. The van der Waals surface area contributed by atoms with Gasteiger partial charge < -0.3 is 5.73 Å². The lowest BCUT2D eigenvalue weighted by Crippen LogP contribution is -2.19. The first-order chi connectivity index (χ1) is 6.91. The van der Waals surface area contributed by atoms with Gasteiger partial charge in [-0.05, 0) is 46.0 Å². The van der Waals surface area contributed by atoms with Crippen LogP contribution in [0.15, 0.2) is 23.3 Å². The lowest BCUT2D eigenvalue weighted by molar-refractivity contribution is 0.544. The predicted octanol–water partition coefficient (Wildman–Crippen LogP) is 4.05. The Hall–Kier alpha value is -0.560. The summed E-state index contributed by atoms with van der Waals surface area (Å²) in [6.45, 7) is 10.9. The van der Waals surface area contributed by atoms with Crippen LogP contribution < -0.4 is 5.73 Å². The van der Waals surface area contributed by atoms with Gasteiger partial charge in [0.2, 0.25) is 0 Å². The molecule has 0 radical (unpaired) electrons. The molecule has 1 heteroatoms. The third-order valence-corrected chi connectivity index (χ3v) is 2.33. The van der Waals surface area contributed by atoms with Gasteiger partial charge >= 0.3 is 0 Å². The molecule has 0 aromatic rings. The standard InChI is InChI=1S/C14H27N/c1-11(2)7-6-8-13(5)10-14(15)9-12(3)4/h7,10,12,14H,6,8-9,15H2,1-5H3/b13-10+. The molecule has 0 amide bonds. The molecular formula is C14H27N. The molecule has 0 spiro atoms. The highest BCUT2D eigenvalue weighted by Gasteiger charge is 2.02. The topological polar surface area (TPSA) is 26.0 Å². The Morgan fingerprint density at radius 1 is 1.20 bits per heavy atom. The third kappa shape index (κ3) is 9.74. The SMILES string of the molecule is CC(C)=CCC/C(C)=C/C(N)CC(C)C. The molecule has 0 fully saturated rings. The first-order valence-electron chi connectivity index (χ1n) is 5.98. The maximum Gasteiger partial charge on any atom is 0.0228 e. The van der Waals surface area contributed by atoms with Crippen LogP contribution in [0.5, 0.6) is 0 Å². The Morgan fingerprint density at radius 3 is 2.27 bits per heavy atom. The molecule has 0 aliphatic rings. The second-order valence-corrected chi connectivity index (χ2v) is 5.13. The van der Waals surface area contributed by atoms with Crippen molar-refractivity contribution in [2.24, 2.45) is 11.7 Å². The molecule has 1 unspecified atom stereocenters. The van der Waals surface area contributed by atoms with Gasteiger partial charge in [0, 0.05) is 6.04 Å². The van der Waals surface area contributed by atoms with E-state index in [1.54, 1.807) is 0 Å². The Balaban J connectivity index is 3.92. The molecule has 0 aliphatic carbocycles. The van der Waals surface area contributed by atoms with E-state index in [2.05, 4.69) is 46.8 Å². The van der Waals surface area contributed by atoms with Gasteiger partial charge in [-0.1, -0.05) is 37.1 Å². The summed E-state index contributed by atoms with van der Waals surface area (Å²) in [5.74, 6) is 0.682. The van der Waals surface area contributed by atoms with Crippen molar-refractivity contribution >= 4 is 0 Å². The van der Waals surface area contributed by atoms with Gasteiger partial charge in [0.15, 0.2) is 0 Å². The lowest BCUT2D eigenvalue weighted by Gasteiger charge is -2.11. The molecule has 0 aromatic heterocycles. The molecule has 0 bridgehead atoms. The van der Waals surface area contributed by atoms with Crippen molar-refractivity contribution in [1.29, 1.82) is 0 Å². The molecule has 2 N–H and O–H groups in total. The van der Waals surface area contributed by atoms with Crippen LogP contribution in [0.4, 0.5) is 0 Å². The van der Waals surface area contributed by atoms with E-state index in [0.29, 0.717) is 5.92 Å². The Labute approximate surface area is 95.4 Å². The van der Waals surface area contributed by atoms with Gasteiger partial charge in [0.25, 0.3) is 0 Å². The molecule has 0 aliphatic heterocycles. The zero-order chi connectivity index (χ0) is 11.8. The Bertz CT molecular complexity index is 219. The minimum atomic E-state index is 0.233. The van der Waals surface area contributed by atoms with Gasteiger partial charge in [0.1, 0.15) is 0 Å². The van der Waals surface area contributed by atoms with Crippen LogP contribution in [0, 0.1) is 5.92 Å². The minimum Gasteiger partial charge on any atom is -0.324 e. The van der Waals surface area contributed by atoms with Gasteiger partial charge in [-0.15, -0.1) is 0 Å². The van der Waals surface area contributed by atoms with Gasteiger partial charge in [-0.25, -0.2) is 0 Å². The summed E-state index contributed by atoms with van der Waals surface area (Å²) >= 11 is 0. The fourth-order valence-electron chi connectivity index (χ4n) is 1.65. The highest BCUT2D eigenvalue weighted by Crippen LogP contribution is 2.10. The van der Waals surface area contributed by atoms with Crippen molar-refractivity contribution in [3.05, 3.63) is 23.3 Å². The van der Waals surface area contributed by atoms with E-state index >= 15 is 0 Å². The van der Waals surface area contributed by atoms with E-state index < -0.39 is 0 Å². The van der Waals surface area contributed by atoms with Gasteiger partial charge in [0.05, 0.1) is 0 Å². The van der Waals surface area contributed by atoms with E-state index in [1.165, 1.54) is 11.1 Å². The molecule has 0 rings (SSSR count). The highest BCUT2D eigenvalue weighted by molar-refractivity contribution is 5.05. The molecule has 1 atom stereocenters. The first kappa shape index (κ1) is 14.4. The van der Waals surface area contributed by atoms with Crippen LogP contribution in [0.1, 0.15) is 53.9 Å². The van der Waals surface area contributed by atoms with E-state index in [-0.39, 0.29) is 6.04 Å². The van der Waals surface area contributed by atoms with Crippen molar-refractivity contribution in [3.63, 3.8) is 0 Å². The summed E-state index contributed by atoms with van der Waals surface area (Å²) in [5.41, 5.74) is 8.83. The van der Waals surface area contributed by atoms with Crippen LogP contribution in [-0.4, -0.2) is 6.04 Å². The molecule has 15 heavy (non-hydrogen) atoms. The number of hydrogen-bond acceptors (Lipinski definition) is 1. The summed E-state index contributed by atoms with van der Waals surface area (Å²) in [5, 5.41) is 0. The van der Waals surface area contributed by atoms with E-state index in [9.17, 15) is 0 Å². The van der Waals surface area contributed by atoms with E-state index in [0.717, 1.165) is 19.3 Å². The predicted molar refractivity (Wildman–Crippen MR) is 69.9 cm³/mol. The second kappa shape index (κ2) is 7.70. The molecule has 0 aromatic carbocycles. The maximum absolute atomic E-state index is 6.02. The van der Waals surface area contributed by atoms with Crippen LogP contribution >= 0.6 is 0 Å². The number of allylic oxidation sites excluding steroid dienone is 3. The summed E-state index contributed by atoms with van der Waals surface area (Å²) in [6, 6.07) is 0.233. The first-order valence-corrected chi connectivity index (χ1v) is 5.98. The fourth-order valence-corrected chi connectivity index (χ4v) is 1.65. The summed E-state index contributed by atoms with van der Waals surface area (Å²) in [4.78, 5) is 0. The lowest BCUT2D eigenvalue weighted by atomic mass is 10.0. The van der Waals surface area contributed by atoms with Gasteiger partial charge in [-0.3, -0.25) is 0 Å². The smallest absolute Gasteiger partial charge is 0.0228 e. The minimum absolute atomic E-state index is 0.233. The Morgan fingerprint density at radius 2 is 1.80 bits per heavy atom. The molecule has 0 saturated carbocycles. The molecular weight excluding hydrogens is 182 g/mol. The van der Waals surface area contributed by atoms with Crippen molar-refractivity contribution in [3.8, 4) is 0 Å². The molecule has 88 valence electrons. The summed E-state index contributed by atoms with van der Waals surface area (Å²) < 4.78 is 0. The van der Waals surface area contributed by atoms with Crippen molar-refractivity contribution in [1.82, 2.24) is 0 Å². The molecule has 0 heterocycles. The normalized spacial score (nSPS) is 14.2. The monoisotopic (exact) mass is 209 g/mol. The van der Waals surface area contributed by atoms with Crippen molar-refractivity contribution < 1.29 is 0 Å². The summed E-state index contributed by atoms with van der Waals surface area (Å²) in [6.07, 6.45) is 7.86. The molecule has 1 nitrogen and oxygen atoms in total. The van der Waals surface area contributed by atoms with E-state index in [4.69, 9.17) is 5.73 Å². The Kier molecular flexibility index (Phi) is 7.41. The van der Waals surface area contributed by atoms with E-state index in [1.807, 2.05) is 0 Å². The van der Waals surface area contributed by atoms with Crippen LogP contribution in [0.2, 0.25) is 0 Å². The maximum atomic E-state index is 6.02. The zero-order valence-corrected chi connectivity index (χ0v) is 11.0. The molecule has 0 saturated heterocycles. The van der Waals surface area contributed by atoms with Gasteiger partial charge in [-0.2, -0.15) is 0 Å². The second-order valence-electron chi connectivity index (χ2n) is 5.13. The summed E-state index contributed by atoms with van der Waals surface area (Å²) in [7, 11) is 0. The average molecular weight is 209 g/mol. The van der Waals surface area contributed by atoms with Crippen LogP contribution in [-0.2, 0) is 0 Å². The zero-order valence-electron chi connectivity index (χ0n) is 11.0. The van der Waals surface area contributed by atoms with Crippen molar-refractivity contribution in [2.75, 3.05) is 0 Å². The number of hydrogen-bond donors (Lipinski definition) is 1. The van der Waals surface area contributed by atoms with Crippen molar-refractivity contribution in [2.45, 2.75) is 59.9 Å². The quantitative estimate of drug-likeness (QED) is 0.656. The fraction of sp³-hybridized carbons (Fsp3) is 0.714. The number of rotatable bonds is 6. The average Bonchev–Trinajstić information content (AvgIpc) is 2.00. The largest absolute Gasteiger partial charge is 0.324 e. The highest BCUT2D eigenvalue weighted by atomic mass is 14.6. The number of nitrogens with two attached hydrogens (primary N) is 1.